The van der Waals surface area contributed by atoms with Gasteiger partial charge in [-0.25, -0.2) is 0 Å². The van der Waals surface area contributed by atoms with Gasteiger partial charge in [0.1, 0.15) is 0 Å². The van der Waals surface area contributed by atoms with Crippen LogP contribution in [0.25, 0.3) is 0 Å². The Labute approximate surface area is 122 Å². The van der Waals surface area contributed by atoms with Gasteiger partial charge in [0.25, 0.3) is 0 Å². The highest BCUT2D eigenvalue weighted by molar-refractivity contribution is 14.0. The van der Waals surface area contributed by atoms with Gasteiger partial charge in [0.15, 0.2) is 5.96 Å². The average molecular weight is 351 g/mol. The minimum Gasteiger partial charge on any atom is -0.356 e. The van der Waals surface area contributed by atoms with Crippen molar-refractivity contribution in [2.24, 2.45) is 16.8 Å². The van der Waals surface area contributed by atoms with Gasteiger partial charge in [-0.05, 0) is 24.7 Å². The molecule has 1 aliphatic carbocycles. The fraction of sp³-hybridized carbons (Fsp3) is 0.923. The lowest BCUT2D eigenvalue weighted by molar-refractivity contribution is 0.268. The second-order valence-electron chi connectivity index (χ2n) is 5.30. The van der Waals surface area contributed by atoms with Gasteiger partial charge in [-0.1, -0.05) is 26.2 Å². The van der Waals surface area contributed by atoms with Crippen LogP contribution in [0.1, 0.15) is 39.0 Å². The van der Waals surface area contributed by atoms with Crippen LogP contribution in [0, 0.1) is 11.8 Å². The third-order valence-electron chi connectivity index (χ3n) is 4.15. The molecule has 2 rings (SSSR count). The molecule has 1 aliphatic heterocycles. The normalized spacial score (nSPS) is 28.6. The Hall–Kier alpha value is 0. The number of halogens is 1. The number of guanidine groups is 1. The molecule has 0 aromatic rings. The number of hydrogen-bond donors (Lipinski definition) is 1. The van der Waals surface area contributed by atoms with Crippen LogP contribution < -0.4 is 5.32 Å². The highest BCUT2D eigenvalue weighted by Crippen LogP contribution is 2.30. The summed E-state index contributed by atoms with van der Waals surface area (Å²) in [5.41, 5.74) is 0. The number of likely N-dealkylation sites (N-methyl/N-ethyl adjacent to an activating group) is 1. The van der Waals surface area contributed by atoms with Gasteiger partial charge in [-0.15, -0.1) is 24.0 Å². The van der Waals surface area contributed by atoms with Crippen LogP contribution in [-0.2, 0) is 0 Å². The van der Waals surface area contributed by atoms with E-state index < -0.39 is 0 Å². The lowest BCUT2D eigenvalue weighted by Gasteiger charge is -2.28. The van der Waals surface area contributed by atoms with E-state index in [1.54, 1.807) is 0 Å². The lowest BCUT2D eigenvalue weighted by Crippen LogP contribution is -2.38. The van der Waals surface area contributed by atoms with E-state index in [9.17, 15) is 0 Å². The van der Waals surface area contributed by atoms with E-state index in [1.165, 1.54) is 32.1 Å². The van der Waals surface area contributed by atoms with Crippen LogP contribution in [0.15, 0.2) is 4.99 Å². The first-order valence-electron chi connectivity index (χ1n) is 6.79. The van der Waals surface area contributed by atoms with Crippen molar-refractivity contribution in [1.82, 2.24) is 10.2 Å². The van der Waals surface area contributed by atoms with Gasteiger partial charge in [-0.3, -0.25) is 4.99 Å². The molecule has 0 aromatic heterocycles. The Balaban J connectivity index is 0.00000144. The molecule has 0 spiro atoms. The van der Waals surface area contributed by atoms with Crippen molar-refractivity contribution in [3.05, 3.63) is 0 Å². The summed E-state index contributed by atoms with van der Waals surface area (Å²) in [6.45, 7) is 5.48. The fourth-order valence-electron chi connectivity index (χ4n) is 2.80. The van der Waals surface area contributed by atoms with Gasteiger partial charge in [0.2, 0.25) is 0 Å². The van der Waals surface area contributed by atoms with Crippen LogP contribution in [-0.4, -0.2) is 37.5 Å². The van der Waals surface area contributed by atoms with E-state index in [-0.39, 0.29) is 24.0 Å². The molecular weight excluding hydrogens is 325 g/mol. The maximum absolute atomic E-state index is 4.46. The topological polar surface area (TPSA) is 27.6 Å². The molecule has 1 N–H and O–H groups in total. The maximum atomic E-state index is 4.46. The van der Waals surface area contributed by atoms with Crippen molar-refractivity contribution >= 4 is 29.9 Å². The highest BCUT2D eigenvalue weighted by Gasteiger charge is 2.21. The smallest absolute Gasteiger partial charge is 0.193 e. The number of hydrogen-bond acceptors (Lipinski definition) is 3. The predicted molar refractivity (Wildman–Crippen MR) is 84.1 cm³/mol. The monoisotopic (exact) mass is 351 g/mol. The van der Waals surface area contributed by atoms with E-state index in [1.807, 2.05) is 0 Å². The van der Waals surface area contributed by atoms with Crippen LogP contribution in [0.5, 0.6) is 0 Å². The molecule has 0 aromatic carbocycles. The van der Waals surface area contributed by atoms with Crippen LogP contribution in [0.3, 0.4) is 0 Å². The standard InChI is InChI=1S/C13H25N3.HI/c1-3-11-4-6-12(7-5-11)10-15-13-14-8-9-16(13)2;/h11-12H,3-10H2,1-2H3,(H,14,15);1H. The summed E-state index contributed by atoms with van der Waals surface area (Å²) in [6, 6.07) is 0. The van der Waals surface area contributed by atoms with E-state index in [0.717, 1.165) is 37.4 Å². The largest absolute Gasteiger partial charge is 0.356 e. The molecule has 1 heterocycles. The Bertz CT molecular complexity index is 247. The van der Waals surface area contributed by atoms with E-state index in [2.05, 4.69) is 29.2 Å². The molecule has 17 heavy (non-hydrogen) atoms. The summed E-state index contributed by atoms with van der Waals surface area (Å²) in [4.78, 5) is 6.68. The van der Waals surface area contributed by atoms with Crippen molar-refractivity contribution in [3.8, 4) is 0 Å². The number of nitrogens with zero attached hydrogens (tertiary/aromatic N) is 2. The second kappa shape index (κ2) is 7.44. The SMILES string of the molecule is CCC1CCC(CNC2=NCCN2C)CC1.I. The Kier molecular flexibility index (Phi) is 6.59. The van der Waals surface area contributed by atoms with E-state index in [4.69, 9.17) is 0 Å². The Morgan fingerprint density at radius 2 is 1.88 bits per heavy atom. The second-order valence-corrected chi connectivity index (χ2v) is 5.30. The Morgan fingerprint density at radius 3 is 2.41 bits per heavy atom. The Morgan fingerprint density at radius 1 is 1.24 bits per heavy atom. The summed E-state index contributed by atoms with van der Waals surface area (Å²) in [5.74, 6) is 2.99. The minimum atomic E-state index is 0. The zero-order valence-electron chi connectivity index (χ0n) is 11.1. The summed E-state index contributed by atoms with van der Waals surface area (Å²) in [7, 11) is 2.12. The van der Waals surface area contributed by atoms with Crippen LogP contribution >= 0.6 is 24.0 Å². The molecule has 1 saturated carbocycles. The quantitative estimate of drug-likeness (QED) is 0.792. The molecule has 2 aliphatic rings. The van der Waals surface area contributed by atoms with Crippen molar-refractivity contribution in [2.45, 2.75) is 39.0 Å². The summed E-state index contributed by atoms with van der Waals surface area (Å²) in [5, 5.41) is 3.51. The third kappa shape index (κ3) is 4.30. The molecule has 0 bridgehead atoms. The highest BCUT2D eigenvalue weighted by atomic mass is 127. The number of nitrogens with one attached hydrogen (secondary N) is 1. The molecule has 4 heteroatoms. The first-order chi connectivity index (χ1) is 7.79. The van der Waals surface area contributed by atoms with E-state index >= 15 is 0 Å². The zero-order chi connectivity index (χ0) is 11.4. The molecule has 0 unspecified atom stereocenters. The van der Waals surface area contributed by atoms with Crippen molar-refractivity contribution < 1.29 is 0 Å². The predicted octanol–water partition coefficient (Wildman–Crippen LogP) is 2.71. The van der Waals surface area contributed by atoms with Crippen LogP contribution in [0.2, 0.25) is 0 Å². The van der Waals surface area contributed by atoms with Crippen molar-refractivity contribution in [2.75, 3.05) is 26.7 Å². The van der Waals surface area contributed by atoms with Crippen molar-refractivity contribution in [1.29, 1.82) is 0 Å². The lowest BCUT2D eigenvalue weighted by atomic mass is 9.81. The molecule has 3 nitrogen and oxygen atoms in total. The number of aliphatic imine (C=N–C) groups is 1. The molecule has 0 saturated heterocycles. The minimum absolute atomic E-state index is 0. The summed E-state index contributed by atoms with van der Waals surface area (Å²) < 4.78 is 0. The van der Waals surface area contributed by atoms with E-state index in [0.29, 0.717) is 0 Å². The first kappa shape index (κ1) is 15.1. The average Bonchev–Trinajstić information content (AvgIpc) is 2.73. The maximum Gasteiger partial charge on any atom is 0.193 e. The van der Waals surface area contributed by atoms with Crippen molar-refractivity contribution in [3.63, 3.8) is 0 Å². The van der Waals surface area contributed by atoms with Gasteiger partial charge in [0.05, 0.1) is 6.54 Å². The third-order valence-corrected chi connectivity index (χ3v) is 4.15. The summed E-state index contributed by atoms with van der Waals surface area (Å²) >= 11 is 0. The molecule has 0 radical (unpaired) electrons. The van der Waals surface area contributed by atoms with Gasteiger partial charge >= 0.3 is 0 Å². The van der Waals surface area contributed by atoms with Gasteiger partial charge < -0.3 is 10.2 Å². The number of rotatable bonds is 3. The van der Waals surface area contributed by atoms with Crippen LogP contribution in [0.4, 0.5) is 0 Å². The molecular formula is C13H26IN3. The fourth-order valence-corrected chi connectivity index (χ4v) is 2.80. The van der Waals surface area contributed by atoms with Gasteiger partial charge in [-0.2, -0.15) is 0 Å². The molecule has 0 atom stereocenters. The molecule has 1 fully saturated rings. The zero-order valence-corrected chi connectivity index (χ0v) is 13.4. The molecule has 0 amide bonds. The summed E-state index contributed by atoms with van der Waals surface area (Å²) in [6.07, 6.45) is 7.05. The first-order valence-corrected chi connectivity index (χ1v) is 6.79. The molecule has 100 valence electrons. The van der Waals surface area contributed by atoms with Gasteiger partial charge in [0, 0.05) is 20.1 Å².